The van der Waals surface area contributed by atoms with Gasteiger partial charge in [-0.1, -0.05) is 20.3 Å². The highest BCUT2D eigenvalue weighted by Gasteiger charge is 2.30. The van der Waals surface area contributed by atoms with E-state index in [2.05, 4.69) is 24.1 Å². The summed E-state index contributed by atoms with van der Waals surface area (Å²) in [6.07, 6.45) is 5.42. The van der Waals surface area contributed by atoms with Crippen LogP contribution in [0.1, 0.15) is 46.5 Å². The lowest BCUT2D eigenvalue weighted by molar-refractivity contribution is -0.145. The quantitative estimate of drug-likeness (QED) is 0.732. The van der Waals surface area contributed by atoms with Crippen molar-refractivity contribution in [1.29, 1.82) is 0 Å². The molecule has 4 nitrogen and oxygen atoms in total. The number of hydrogen-bond acceptors (Lipinski definition) is 4. The van der Waals surface area contributed by atoms with E-state index < -0.39 is 0 Å². The second-order valence-corrected chi connectivity index (χ2v) is 7.14. The number of nitrogens with zero attached hydrogens (tertiary/aromatic N) is 1. The van der Waals surface area contributed by atoms with E-state index in [1.165, 1.54) is 25.7 Å². The third kappa shape index (κ3) is 5.26. The molecular weight excluding hydrogens is 264 g/mol. The molecule has 2 fully saturated rings. The molecule has 2 rings (SSSR count). The number of ether oxygens (including phenoxy) is 1. The summed E-state index contributed by atoms with van der Waals surface area (Å²) in [7, 11) is 0. The van der Waals surface area contributed by atoms with Crippen LogP contribution in [0.5, 0.6) is 0 Å². The third-order valence-corrected chi connectivity index (χ3v) is 5.08. The van der Waals surface area contributed by atoms with E-state index in [1.54, 1.807) is 0 Å². The number of esters is 1. The van der Waals surface area contributed by atoms with Crippen molar-refractivity contribution in [2.45, 2.75) is 52.5 Å². The smallest absolute Gasteiger partial charge is 0.320 e. The molecule has 1 saturated carbocycles. The third-order valence-electron chi connectivity index (χ3n) is 5.08. The van der Waals surface area contributed by atoms with Gasteiger partial charge in [-0.2, -0.15) is 0 Å². The average molecular weight is 296 g/mol. The number of likely N-dealkylation sites (tertiary alicyclic amines) is 1. The fourth-order valence-corrected chi connectivity index (χ4v) is 3.41. The number of rotatable bonds is 7. The first-order valence-electron chi connectivity index (χ1n) is 8.69. The van der Waals surface area contributed by atoms with Gasteiger partial charge in [-0.25, -0.2) is 0 Å². The Morgan fingerprint density at radius 3 is 2.67 bits per heavy atom. The van der Waals surface area contributed by atoms with E-state index in [0.717, 1.165) is 25.6 Å². The van der Waals surface area contributed by atoms with Gasteiger partial charge in [0.15, 0.2) is 0 Å². The van der Waals surface area contributed by atoms with Crippen molar-refractivity contribution in [3.05, 3.63) is 0 Å². The number of piperidine rings is 1. The maximum absolute atomic E-state index is 11.7. The summed E-state index contributed by atoms with van der Waals surface area (Å²) >= 11 is 0. The first-order valence-corrected chi connectivity index (χ1v) is 8.69. The minimum Gasteiger partial charge on any atom is -0.465 e. The molecule has 1 N–H and O–H groups in total. The van der Waals surface area contributed by atoms with Gasteiger partial charge >= 0.3 is 5.97 Å². The molecule has 2 aliphatic rings. The summed E-state index contributed by atoms with van der Waals surface area (Å²) in [5.74, 6) is 2.15. The second-order valence-electron chi connectivity index (χ2n) is 7.14. The highest BCUT2D eigenvalue weighted by atomic mass is 16.5. The molecule has 2 atom stereocenters. The van der Waals surface area contributed by atoms with Gasteiger partial charge in [0.25, 0.3) is 0 Å². The van der Waals surface area contributed by atoms with Crippen molar-refractivity contribution >= 4 is 5.97 Å². The Morgan fingerprint density at radius 2 is 2.10 bits per heavy atom. The molecule has 1 aliphatic carbocycles. The Bertz CT molecular complexity index is 329. The van der Waals surface area contributed by atoms with Gasteiger partial charge in [0.05, 0.1) is 13.2 Å². The van der Waals surface area contributed by atoms with Crippen LogP contribution in [0.25, 0.3) is 0 Å². The Balaban J connectivity index is 1.83. The fourth-order valence-electron chi connectivity index (χ4n) is 3.41. The maximum atomic E-state index is 11.7. The van der Waals surface area contributed by atoms with Crippen molar-refractivity contribution < 1.29 is 9.53 Å². The van der Waals surface area contributed by atoms with Crippen LogP contribution in [0.3, 0.4) is 0 Å². The summed E-state index contributed by atoms with van der Waals surface area (Å²) in [6, 6.07) is 0.529. The number of nitrogens with one attached hydrogen (secondary N) is 1. The van der Waals surface area contributed by atoms with Crippen LogP contribution >= 0.6 is 0 Å². The highest BCUT2D eigenvalue weighted by molar-refractivity contribution is 5.71. The highest BCUT2D eigenvalue weighted by Crippen LogP contribution is 2.27. The molecule has 0 spiro atoms. The number of carbonyl (C=O) groups excluding carboxylic acids is 1. The van der Waals surface area contributed by atoms with Crippen LogP contribution in [0.2, 0.25) is 0 Å². The largest absolute Gasteiger partial charge is 0.465 e. The first-order chi connectivity index (χ1) is 10.1. The van der Waals surface area contributed by atoms with E-state index in [-0.39, 0.29) is 5.97 Å². The van der Waals surface area contributed by atoms with Crippen LogP contribution in [0.4, 0.5) is 0 Å². The molecule has 2 unspecified atom stereocenters. The van der Waals surface area contributed by atoms with E-state index in [4.69, 9.17) is 4.74 Å². The molecule has 0 bridgehead atoms. The molecule has 0 aromatic carbocycles. The predicted molar refractivity (Wildman–Crippen MR) is 85.1 cm³/mol. The summed E-state index contributed by atoms with van der Waals surface area (Å²) < 4.78 is 5.10. The summed E-state index contributed by atoms with van der Waals surface area (Å²) in [6.45, 7) is 10.5. The predicted octanol–water partition coefficient (Wildman–Crippen LogP) is 2.29. The lowest BCUT2D eigenvalue weighted by Gasteiger charge is -2.40. The molecule has 1 heterocycles. The SMILES string of the molecule is CCOC(=O)CN1CC(NCC2CCC2)CC(C(C)C)C1. The minimum atomic E-state index is -0.0837. The van der Waals surface area contributed by atoms with Crippen molar-refractivity contribution in [1.82, 2.24) is 10.2 Å². The number of hydrogen-bond donors (Lipinski definition) is 1. The zero-order valence-corrected chi connectivity index (χ0v) is 13.9. The Hall–Kier alpha value is -0.610. The first kappa shape index (κ1) is 16.8. The topological polar surface area (TPSA) is 41.6 Å². The van der Waals surface area contributed by atoms with Gasteiger partial charge in [-0.05, 0) is 50.5 Å². The average Bonchev–Trinajstić information content (AvgIpc) is 2.36. The summed E-state index contributed by atoms with van der Waals surface area (Å²) in [5.41, 5.74) is 0. The van der Waals surface area contributed by atoms with Gasteiger partial charge in [0.1, 0.15) is 0 Å². The van der Waals surface area contributed by atoms with E-state index in [1.807, 2.05) is 6.92 Å². The molecule has 21 heavy (non-hydrogen) atoms. The normalized spacial score (nSPS) is 27.6. The van der Waals surface area contributed by atoms with E-state index in [0.29, 0.717) is 31.0 Å². The van der Waals surface area contributed by atoms with Gasteiger partial charge < -0.3 is 10.1 Å². The van der Waals surface area contributed by atoms with Crippen molar-refractivity contribution in [2.75, 3.05) is 32.8 Å². The van der Waals surface area contributed by atoms with Crippen molar-refractivity contribution in [3.63, 3.8) is 0 Å². The van der Waals surface area contributed by atoms with Gasteiger partial charge in [-0.15, -0.1) is 0 Å². The Morgan fingerprint density at radius 1 is 1.33 bits per heavy atom. The van der Waals surface area contributed by atoms with Crippen molar-refractivity contribution in [2.24, 2.45) is 17.8 Å². The Labute approximate surface area is 129 Å². The van der Waals surface area contributed by atoms with Gasteiger partial charge in [0.2, 0.25) is 0 Å². The zero-order chi connectivity index (χ0) is 15.2. The lowest BCUT2D eigenvalue weighted by Crippen LogP contribution is -2.52. The molecule has 4 heteroatoms. The number of carbonyl (C=O) groups is 1. The molecule has 122 valence electrons. The van der Waals surface area contributed by atoms with Crippen LogP contribution < -0.4 is 5.32 Å². The van der Waals surface area contributed by atoms with Crippen LogP contribution in [0, 0.1) is 17.8 Å². The fraction of sp³-hybridized carbons (Fsp3) is 0.941. The van der Waals surface area contributed by atoms with Crippen LogP contribution in [-0.4, -0.2) is 49.7 Å². The Kier molecular flexibility index (Phi) is 6.49. The molecule has 1 aliphatic heterocycles. The second kappa shape index (κ2) is 8.14. The standard InChI is InChI=1S/C17H32N2O2/c1-4-21-17(20)12-19-10-15(13(2)3)8-16(11-19)18-9-14-6-5-7-14/h13-16,18H,4-12H2,1-3H3. The molecule has 0 aromatic rings. The van der Waals surface area contributed by atoms with Crippen LogP contribution in [-0.2, 0) is 9.53 Å². The van der Waals surface area contributed by atoms with Gasteiger partial charge in [-0.3, -0.25) is 9.69 Å². The molecule has 1 saturated heterocycles. The van der Waals surface area contributed by atoms with Crippen LogP contribution in [0.15, 0.2) is 0 Å². The maximum Gasteiger partial charge on any atom is 0.320 e. The summed E-state index contributed by atoms with van der Waals surface area (Å²) in [5, 5.41) is 3.75. The molecule has 0 aromatic heterocycles. The molecular formula is C17H32N2O2. The van der Waals surface area contributed by atoms with Gasteiger partial charge in [0, 0.05) is 19.1 Å². The summed E-state index contributed by atoms with van der Waals surface area (Å²) in [4.78, 5) is 14.0. The van der Waals surface area contributed by atoms with Crippen molar-refractivity contribution in [3.8, 4) is 0 Å². The molecule has 0 amide bonds. The molecule has 0 radical (unpaired) electrons. The van der Waals surface area contributed by atoms with E-state index in [9.17, 15) is 4.79 Å². The zero-order valence-electron chi connectivity index (χ0n) is 13.9. The lowest BCUT2D eigenvalue weighted by atomic mass is 9.83. The van der Waals surface area contributed by atoms with E-state index >= 15 is 0 Å². The minimum absolute atomic E-state index is 0.0837. The monoisotopic (exact) mass is 296 g/mol.